The lowest BCUT2D eigenvalue weighted by Crippen LogP contribution is -2.34. The van der Waals surface area contributed by atoms with Gasteiger partial charge in [-0.3, -0.25) is 9.56 Å². The molecule has 23 heavy (non-hydrogen) atoms. The van der Waals surface area contributed by atoms with Crippen LogP contribution in [-0.4, -0.2) is 39.6 Å². The zero-order valence-corrected chi connectivity index (χ0v) is 13.5. The zero-order chi connectivity index (χ0) is 16.7. The molecule has 1 saturated heterocycles. The molecule has 120 valence electrons. The van der Waals surface area contributed by atoms with Gasteiger partial charge in [0.05, 0.1) is 17.6 Å². The number of hydrogen-bond donors (Lipinski definition) is 0. The van der Waals surface area contributed by atoms with Crippen molar-refractivity contribution in [3.63, 3.8) is 0 Å². The van der Waals surface area contributed by atoms with E-state index in [-0.39, 0.29) is 0 Å². The van der Waals surface area contributed by atoms with Crippen molar-refractivity contribution in [1.82, 2.24) is 14.5 Å². The van der Waals surface area contributed by atoms with Crippen LogP contribution in [0.2, 0.25) is 0 Å². The summed E-state index contributed by atoms with van der Waals surface area (Å²) in [6.45, 7) is 17.1. The van der Waals surface area contributed by atoms with Crippen LogP contribution in [0.5, 0.6) is 0 Å². The number of hydrogen-bond acceptors (Lipinski definition) is 3. The fourth-order valence-electron chi connectivity index (χ4n) is 2.58. The molecule has 1 aromatic heterocycles. The van der Waals surface area contributed by atoms with E-state index < -0.39 is 0 Å². The molecule has 0 N–H and O–H groups in total. The quantitative estimate of drug-likeness (QED) is 0.591. The third-order valence-electron chi connectivity index (χ3n) is 3.71. The lowest BCUT2D eigenvalue weighted by Gasteiger charge is -2.28. The smallest absolute Gasteiger partial charge is 0.236 e. The van der Waals surface area contributed by atoms with Gasteiger partial charge in [0, 0.05) is 25.5 Å². The minimum absolute atomic E-state index is 0.542. The number of amidine groups is 1. The van der Waals surface area contributed by atoms with Crippen molar-refractivity contribution < 1.29 is 0 Å². The van der Waals surface area contributed by atoms with Crippen molar-refractivity contribution in [3.05, 3.63) is 50.0 Å². The molecular formula is C18H23N5. The molecule has 0 unspecified atom stereocenters. The number of imidazole rings is 1. The van der Waals surface area contributed by atoms with E-state index in [2.05, 4.69) is 46.2 Å². The predicted molar refractivity (Wildman–Crippen MR) is 99.2 cm³/mol. The Morgan fingerprint density at radius 3 is 2.39 bits per heavy atom. The van der Waals surface area contributed by atoms with E-state index in [9.17, 15) is 0 Å². The minimum Gasteiger partial charge on any atom is -0.357 e. The number of likely N-dealkylation sites (tertiary alicyclic amines) is 1. The zero-order valence-electron chi connectivity index (χ0n) is 13.5. The van der Waals surface area contributed by atoms with Crippen LogP contribution in [-0.2, 0) is 0 Å². The first-order valence-corrected chi connectivity index (χ1v) is 7.72. The first-order chi connectivity index (χ1) is 11.2. The summed E-state index contributed by atoms with van der Waals surface area (Å²) >= 11 is 0. The average molecular weight is 309 g/mol. The molecule has 1 aliphatic heterocycles. The van der Waals surface area contributed by atoms with Crippen molar-refractivity contribution in [2.45, 2.75) is 19.3 Å². The summed E-state index contributed by atoms with van der Waals surface area (Å²) in [5, 5.41) is 0. The summed E-state index contributed by atoms with van der Waals surface area (Å²) in [4.78, 5) is 15.5. The van der Waals surface area contributed by atoms with Gasteiger partial charge in [0.15, 0.2) is 0 Å². The van der Waals surface area contributed by atoms with Gasteiger partial charge in [0.1, 0.15) is 5.84 Å². The fourth-order valence-corrected chi connectivity index (χ4v) is 2.58. The van der Waals surface area contributed by atoms with Gasteiger partial charge in [0.2, 0.25) is 5.95 Å². The molecule has 2 rings (SSSR count). The van der Waals surface area contributed by atoms with E-state index in [1.54, 1.807) is 29.1 Å². The topological polar surface area (TPSA) is 45.8 Å². The second kappa shape index (κ2) is 8.08. The Kier molecular flexibility index (Phi) is 5.86. The fraction of sp³-hybridized carbons (Fsp3) is 0.278. The summed E-state index contributed by atoms with van der Waals surface area (Å²) in [6.07, 6.45) is 11.9. The Balaban J connectivity index is 2.46. The van der Waals surface area contributed by atoms with Gasteiger partial charge >= 0.3 is 0 Å². The molecule has 1 fully saturated rings. The van der Waals surface area contributed by atoms with Gasteiger partial charge in [-0.05, 0) is 31.4 Å². The van der Waals surface area contributed by atoms with Crippen LogP contribution in [0.15, 0.2) is 48.6 Å². The Labute approximate surface area is 137 Å². The van der Waals surface area contributed by atoms with Crippen molar-refractivity contribution >= 4 is 30.3 Å². The van der Waals surface area contributed by atoms with E-state index in [1.165, 1.54) is 25.5 Å². The summed E-state index contributed by atoms with van der Waals surface area (Å²) < 4.78 is 1.79. The molecule has 2 heterocycles. The molecular weight excluding hydrogens is 286 g/mol. The molecule has 0 amide bonds. The highest BCUT2D eigenvalue weighted by atomic mass is 15.2. The molecule has 1 aliphatic rings. The Morgan fingerprint density at radius 2 is 1.83 bits per heavy atom. The molecule has 0 atom stereocenters. The standard InChI is InChI=1S/C18H23N5/c1-5-15-16(14-19-7-3)23(8-4)18(20-15)21-17(6-2)22-12-10-9-11-13-22/h5-8,14H,1-4,9-13H2/b19-14-,21-17+. The van der Waals surface area contributed by atoms with Crippen LogP contribution in [0, 0.1) is 0 Å². The summed E-state index contributed by atoms with van der Waals surface area (Å²) in [7, 11) is 0. The van der Waals surface area contributed by atoms with Gasteiger partial charge < -0.3 is 4.90 Å². The van der Waals surface area contributed by atoms with Crippen molar-refractivity contribution in [1.29, 1.82) is 0 Å². The minimum atomic E-state index is 0.542. The first-order valence-electron chi connectivity index (χ1n) is 7.72. The first kappa shape index (κ1) is 16.7. The normalized spacial score (nSPS) is 15.7. The van der Waals surface area contributed by atoms with Crippen LogP contribution in [0.3, 0.4) is 0 Å². The molecule has 0 radical (unpaired) electrons. The van der Waals surface area contributed by atoms with Gasteiger partial charge in [-0.15, -0.1) is 0 Å². The molecule has 0 saturated carbocycles. The van der Waals surface area contributed by atoms with Crippen molar-refractivity contribution in [2.75, 3.05) is 13.1 Å². The molecule has 0 aliphatic carbocycles. The molecule has 0 bridgehead atoms. The van der Waals surface area contributed by atoms with Gasteiger partial charge in [-0.1, -0.05) is 26.3 Å². The maximum absolute atomic E-state index is 4.68. The van der Waals surface area contributed by atoms with Crippen LogP contribution >= 0.6 is 0 Å². The number of rotatable bonds is 6. The van der Waals surface area contributed by atoms with Gasteiger partial charge in [0.25, 0.3) is 0 Å². The predicted octanol–water partition coefficient (Wildman–Crippen LogP) is 3.89. The summed E-state index contributed by atoms with van der Waals surface area (Å²) in [5.41, 5.74) is 1.48. The second-order valence-corrected chi connectivity index (χ2v) is 5.12. The SMILES string of the molecule is C=C/N=C\c1c(C=C)nc(/N=C(\C=C)N2CCCCC2)n1C=C. The largest absolute Gasteiger partial charge is 0.357 e. The molecule has 5 nitrogen and oxygen atoms in total. The summed E-state index contributed by atoms with van der Waals surface area (Å²) in [5.74, 6) is 1.38. The van der Waals surface area contributed by atoms with E-state index in [1.807, 2.05) is 0 Å². The molecule has 1 aromatic rings. The summed E-state index contributed by atoms with van der Waals surface area (Å²) in [6, 6.07) is 0. The highest BCUT2D eigenvalue weighted by molar-refractivity contribution is 5.94. The Morgan fingerprint density at radius 1 is 1.09 bits per heavy atom. The number of aliphatic imine (C=N–C) groups is 2. The lowest BCUT2D eigenvalue weighted by molar-refractivity contribution is 0.343. The van der Waals surface area contributed by atoms with Crippen LogP contribution in [0.25, 0.3) is 12.3 Å². The number of nitrogens with zero attached hydrogens (tertiary/aromatic N) is 5. The van der Waals surface area contributed by atoms with E-state index in [0.29, 0.717) is 11.6 Å². The lowest BCUT2D eigenvalue weighted by atomic mass is 10.1. The van der Waals surface area contributed by atoms with Crippen LogP contribution in [0.1, 0.15) is 30.7 Å². The monoisotopic (exact) mass is 309 g/mol. The van der Waals surface area contributed by atoms with E-state index in [0.717, 1.165) is 24.6 Å². The van der Waals surface area contributed by atoms with Crippen molar-refractivity contribution in [3.8, 4) is 0 Å². The number of piperidine rings is 1. The highest BCUT2D eigenvalue weighted by Gasteiger charge is 2.16. The van der Waals surface area contributed by atoms with Gasteiger partial charge in [-0.2, -0.15) is 4.99 Å². The highest BCUT2D eigenvalue weighted by Crippen LogP contribution is 2.21. The third-order valence-corrected chi connectivity index (χ3v) is 3.71. The Hall–Kier alpha value is -2.69. The molecule has 0 aromatic carbocycles. The third kappa shape index (κ3) is 3.74. The van der Waals surface area contributed by atoms with E-state index >= 15 is 0 Å². The second-order valence-electron chi connectivity index (χ2n) is 5.12. The maximum atomic E-state index is 4.68. The Bertz CT molecular complexity index is 657. The van der Waals surface area contributed by atoms with Gasteiger partial charge in [-0.25, -0.2) is 4.98 Å². The van der Waals surface area contributed by atoms with Crippen LogP contribution in [0.4, 0.5) is 5.95 Å². The molecule has 0 spiro atoms. The average Bonchev–Trinajstić information content (AvgIpc) is 2.94. The number of aromatic nitrogens is 2. The maximum Gasteiger partial charge on any atom is 0.236 e. The van der Waals surface area contributed by atoms with Crippen LogP contribution < -0.4 is 0 Å². The van der Waals surface area contributed by atoms with E-state index in [4.69, 9.17) is 0 Å². The van der Waals surface area contributed by atoms with Crippen molar-refractivity contribution in [2.24, 2.45) is 9.98 Å². The molecule has 5 heteroatoms.